The van der Waals surface area contributed by atoms with Gasteiger partial charge in [0.05, 0.1) is 16.8 Å². The fraction of sp³-hybridized carbons (Fsp3) is 0.455. The largest absolute Gasteiger partial charge is 0.340 e. The van der Waals surface area contributed by atoms with Crippen LogP contribution < -0.4 is 0 Å². The molecule has 3 atom stereocenters. The first-order chi connectivity index (χ1) is 12.6. The molecule has 4 aliphatic rings. The maximum atomic E-state index is 4.72. The maximum Gasteiger partial charge on any atom is 0.0966 e. The molecule has 0 bridgehead atoms. The molecule has 1 aliphatic carbocycles. The van der Waals surface area contributed by atoms with E-state index in [-0.39, 0.29) is 16.4 Å². The number of rotatable bonds is 2. The molecule has 0 spiro atoms. The van der Waals surface area contributed by atoms with Crippen LogP contribution in [0.1, 0.15) is 40.0 Å². The van der Waals surface area contributed by atoms with E-state index in [1.165, 1.54) is 10.6 Å². The molecule has 3 aliphatic heterocycles. The van der Waals surface area contributed by atoms with Gasteiger partial charge in [0, 0.05) is 40.9 Å². The predicted molar refractivity (Wildman–Crippen MR) is 113 cm³/mol. The van der Waals surface area contributed by atoms with Gasteiger partial charge >= 0.3 is 0 Å². The van der Waals surface area contributed by atoms with Crippen LogP contribution in [-0.4, -0.2) is 28.2 Å². The van der Waals surface area contributed by atoms with Gasteiger partial charge in [-0.05, 0) is 39.2 Å². The number of hydrogen-bond acceptors (Lipinski definition) is 4. The summed E-state index contributed by atoms with van der Waals surface area (Å²) in [4.78, 5) is 12.9. The highest BCUT2D eigenvalue weighted by Gasteiger charge is 2.65. The number of nitrogens with zero attached hydrogens (tertiary/aromatic N) is 3. The van der Waals surface area contributed by atoms with Gasteiger partial charge in [0.1, 0.15) is 0 Å². The Balaban J connectivity index is 1.85. The summed E-state index contributed by atoms with van der Waals surface area (Å²) in [6.07, 6.45) is 23.6. The predicted octanol–water partition coefficient (Wildman–Crippen LogP) is 5.47. The highest BCUT2D eigenvalue weighted by Crippen LogP contribution is 2.63. The normalized spacial score (nSPS) is 40.8. The average Bonchev–Trinajstić information content (AvgIpc) is 3.15. The van der Waals surface area contributed by atoms with E-state index in [1.807, 2.05) is 11.7 Å². The molecule has 0 fully saturated rings. The van der Waals surface area contributed by atoms with Crippen molar-refractivity contribution in [1.29, 1.82) is 0 Å². The highest BCUT2D eigenvalue weighted by atomic mass is 32.2. The van der Waals surface area contributed by atoms with Crippen LogP contribution in [0.5, 0.6) is 0 Å². The van der Waals surface area contributed by atoms with Gasteiger partial charge < -0.3 is 4.90 Å². The Labute approximate surface area is 161 Å². The van der Waals surface area contributed by atoms with E-state index in [4.69, 9.17) is 4.99 Å². The Bertz CT molecular complexity index is 800. The second kappa shape index (κ2) is 6.41. The number of hydrogen-bond donors (Lipinski definition) is 0. The monoisotopic (exact) mass is 365 g/mol. The van der Waals surface area contributed by atoms with Crippen molar-refractivity contribution >= 4 is 23.0 Å². The smallest absolute Gasteiger partial charge is 0.0966 e. The lowest BCUT2D eigenvalue weighted by Crippen LogP contribution is -2.58. The Kier molecular flexibility index (Phi) is 4.34. The van der Waals surface area contributed by atoms with Crippen molar-refractivity contribution in [3.05, 3.63) is 60.0 Å². The molecule has 0 amide bonds. The zero-order valence-corrected chi connectivity index (χ0v) is 16.7. The molecule has 0 radical (unpaired) electrons. The Morgan fingerprint density at radius 1 is 1.23 bits per heavy atom. The number of thioether (sulfide) groups is 1. The third-order valence-electron chi connectivity index (χ3n) is 6.74. The van der Waals surface area contributed by atoms with Crippen LogP contribution in [0, 0.1) is 10.8 Å². The SMILES string of the molecule is C/C=C1/C=C\C(CC)(C23C=CC4=NC=CN(C=C2)C43C)CCCN=CS1. The molecule has 3 heterocycles. The third-order valence-corrected chi connectivity index (χ3v) is 7.64. The lowest BCUT2D eigenvalue weighted by molar-refractivity contribution is 0.0819. The zero-order valence-electron chi connectivity index (χ0n) is 15.9. The molecular formula is C22H27N3S. The Morgan fingerprint density at radius 2 is 2.12 bits per heavy atom. The standard InChI is InChI=1S/C22H27N3S/c1-4-18-7-10-21(5-2,9-6-13-23-17-26-18)22-11-8-19-20(22,3)25(15-12-22)16-14-24-19/h4,7-8,10-12,14-17H,5-6,9,13H2,1-3H3/b10-7-,18-4-,23-17?. The van der Waals surface area contributed by atoms with Crippen LogP contribution in [-0.2, 0) is 0 Å². The first-order valence-electron chi connectivity index (χ1n) is 9.54. The molecule has 0 aromatic carbocycles. The van der Waals surface area contributed by atoms with Crippen LogP contribution in [0.3, 0.4) is 0 Å². The minimum atomic E-state index is -0.140. The van der Waals surface area contributed by atoms with Gasteiger partial charge in [-0.2, -0.15) is 0 Å². The molecule has 0 N–H and O–H groups in total. The zero-order chi connectivity index (χ0) is 18.3. The van der Waals surface area contributed by atoms with E-state index < -0.39 is 0 Å². The Hall–Kier alpha value is -1.81. The molecule has 4 rings (SSSR count). The van der Waals surface area contributed by atoms with E-state index >= 15 is 0 Å². The maximum absolute atomic E-state index is 4.72. The summed E-state index contributed by atoms with van der Waals surface area (Å²) < 4.78 is 0. The summed E-state index contributed by atoms with van der Waals surface area (Å²) in [6.45, 7) is 7.67. The van der Waals surface area contributed by atoms with Gasteiger partial charge in [0.15, 0.2) is 0 Å². The van der Waals surface area contributed by atoms with Crippen molar-refractivity contribution in [3.63, 3.8) is 0 Å². The molecule has 3 unspecified atom stereocenters. The van der Waals surface area contributed by atoms with Gasteiger partial charge in [0.25, 0.3) is 0 Å². The molecule has 0 saturated carbocycles. The number of allylic oxidation sites excluding steroid dienone is 3. The second-order valence-electron chi connectivity index (χ2n) is 7.58. The van der Waals surface area contributed by atoms with Crippen LogP contribution in [0.25, 0.3) is 0 Å². The fourth-order valence-corrected chi connectivity index (χ4v) is 5.71. The van der Waals surface area contributed by atoms with Crippen molar-refractivity contribution < 1.29 is 0 Å². The molecule has 0 aromatic heterocycles. The summed E-state index contributed by atoms with van der Waals surface area (Å²) in [6, 6.07) is 0. The van der Waals surface area contributed by atoms with E-state index in [9.17, 15) is 0 Å². The van der Waals surface area contributed by atoms with Gasteiger partial charge in [0.2, 0.25) is 0 Å². The van der Waals surface area contributed by atoms with Gasteiger partial charge in [-0.15, -0.1) is 0 Å². The Morgan fingerprint density at radius 3 is 2.92 bits per heavy atom. The quantitative estimate of drug-likeness (QED) is 0.649. The first kappa shape index (κ1) is 17.6. The van der Waals surface area contributed by atoms with Crippen LogP contribution in [0.2, 0.25) is 0 Å². The fourth-order valence-electron chi connectivity index (χ4n) is 5.12. The second-order valence-corrected chi connectivity index (χ2v) is 8.50. The van der Waals surface area contributed by atoms with Gasteiger partial charge in [-0.3, -0.25) is 9.98 Å². The summed E-state index contributed by atoms with van der Waals surface area (Å²) in [5.41, 5.74) is 2.97. The van der Waals surface area contributed by atoms with Crippen molar-refractivity contribution in [2.24, 2.45) is 20.8 Å². The van der Waals surface area contributed by atoms with E-state index in [1.54, 1.807) is 11.8 Å². The average molecular weight is 366 g/mol. The molecule has 0 aromatic rings. The molecule has 136 valence electrons. The van der Waals surface area contributed by atoms with Crippen LogP contribution >= 0.6 is 11.8 Å². The summed E-state index contributed by atoms with van der Waals surface area (Å²) >= 11 is 1.71. The third kappa shape index (κ3) is 2.21. The van der Waals surface area contributed by atoms with Gasteiger partial charge in [-0.1, -0.05) is 49.1 Å². The van der Waals surface area contributed by atoms with Crippen LogP contribution in [0.4, 0.5) is 0 Å². The molecule has 4 heteroatoms. The van der Waals surface area contributed by atoms with Crippen molar-refractivity contribution in [1.82, 2.24) is 4.90 Å². The molecular weight excluding hydrogens is 338 g/mol. The molecule has 26 heavy (non-hydrogen) atoms. The van der Waals surface area contributed by atoms with E-state index in [0.717, 1.165) is 25.8 Å². The highest BCUT2D eigenvalue weighted by molar-refractivity contribution is 8.15. The van der Waals surface area contributed by atoms with Crippen molar-refractivity contribution in [3.8, 4) is 0 Å². The number of aliphatic imine (C=N–C) groups is 2. The minimum Gasteiger partial charge on any atom is -0.340 e. The van der Waals surface area contributed by atoms with Crippen LogP contribution in [0.15, 0.2) is 69.9 Å². The minimum absolute atomic E-state index is 0.0353. The van der Waals surface area contributed by atoms with E-state index in [0.29, 0.717) is 0 Å². The van der Waals surface area contributed by atoms with Crippen molar-refractivity contribution in [2.75, 3.05) is 6.54 Å². The lowest BCUT2D eigenvalue weighted by atomic mass is 9.53. The molecule has 0 saturated heterocycles. The lowest BCUT2D eigenvalue weighted by Gasteiger charge is -2.53. The van der Waals surface area contributed by atoms with Gasteiger partial charge in [-0.25, -0.2) is 0 Å². The summed E-state index contributed by atoms with van der Waals surface area (Å²) in [7, 11) is 0. The first-order valence-corrected chi connectivity index (χ1v) is 10.4. The summed E-state index contributed by atoms with van der Waals surface area (Å²) in [5, 5.41) is 0. The molecule has 3 nitrogen and oxygen atoms in total. The van der Waals surface area contributed by atoms with Crippen molar-refractivity contribution in [2.45, 2.75) is 45.6 Å². The van der Waals surface area contributed by atoms with E-state index in [2.05, 4.69) is 79.5 Å². The summed E-state index contributed by atoms with van der Waals surface area (Å²) in [5.74, 6) is 0. The topological polar surface area (TPSA) is 28.0 Å².